The molecule has 43 heavy (non-hydrogen) atoms. The second-order valence-corrected chi connectivity index (χ2v) is 10.1. The molecular weight excluding hydrogens is 560 g/mol. The monoisotopic (exact) mass is 604 g/mol. The maximum atomic E-state index is 13.3. The number of rotatable bonds is 19. The number of carbonyl (C=O) groups excluding carboxylic acids is 4. The minimum atomic E-state index is -1.27. The molecule has 0 saturated heterocycles. The summed E-state index contributed by atoms with van der Waals surface area (Å²) in [6, 6.07) is 3.51. The molecule has 0 heterocycles. The number of carboxylic acid groups (broad SMARTS) is 1. The van der Waals surface area contributed by atoms with Gasteiger partial charge in [-0.2, -0.15) is 0 Å². The molecule has 13 N–H and O–H groups in total. The van der Waals surface area contributed by atoms with E-state index in [9.17, 15) is 29.1 Å². The van der Waals surface area contributed by atoms with Gasteiger partial charge in [0.15, 0.2) is 11.9 Å². The summed E-state index contributed by atoms with van der Waals surface area (Å²) < 4.78 is 0. The van der Waals surface area contributed by atoms with E-state index in [0.29, 0.717) is 18.3 Å². The van der Waals surface area contributed by atoms with Crippen molar-refractivity contribution < 1.29 is 29.1 Å². The molecule has 1 rings (SSSR count). The lowest BCUT2D eigenvalue weighted by molar-refractivity contribution is -0.139. The smallest absolute Gasteiger partial charge is 0.326 e. The summed E-state index contributed by atoms with van der Waals surface area (Å²) in [6.45, 7) is 3.84. The second kappa shape index (κ2) is 19.3. The number of hydrogen-bond acceptors (Lipinski definition) is 7. The van der Waals surface area contributed by atoms with E-state index in [1.807, 2.05) is 0 Å². The number of nitrogens with two attached hydrogens (primary N) is 4. The van der Waals surface area contributed by atoms with E-state index in [0.717, 1.165) is 0 Å². The SMILES string of the molecule is CC(C)[C@H](NC(=O)[C@@H](CCCN=C(N)N)NC(=O)N[C@@H](Cc1ccccc1)C(=O)O)C(=O)N[C@H](C=O)CCCN=C(N)N. The van der Waals surface area contributed by atoms with Crippen molar-refractivity contribution in [1.29, 1.82) is 0 Å². The molecule has 0 aromatic heterocycles. The predicted molar refractivity (Wildman–Crippen MR) is 162 cm³/mol. The van der Waals surface area contributed by atoms with Crippen molar-refractivity contribution in [1.82, 2.24) is 21.3 Å². The van der Waals surface area contributed by atoms with Crippen molar-refractivity contribution in [3.8, 4) is 0 Å². The van der Waals surface area contributed by atoms with Crippen LogP contribution in [-0.2, 0) is 25.6 Å². The van der Waals surface area contributed by atoms with Crippen LogP contribution in [0.4, 0.5) is 4.79 Å². The highest BCUT2D eigenvalue weighted by atomic mass is 16.4. The fourth-order valence-corrected chi connectivity index (χ4v) is 3.94. The van der Waals surface area contributed by atoms with Crippen LogP contribution in [0.1, 0.15) is 45.1 Å². The first-order valence-electron chi connectivity index (χ1n) is 13.8. The Bertz CT molecular complexity index is 1120. The lowest BCUT2D eigenvalue weighted by atomic mass is 10.0. The number of amides is 4. The first-order valence-corrected chi connectivity index (χ1v) is 13.8. The Morgan fingerprint density at radius 1 is 0.814 bits per heavy atom. The highest BCUT2D eigenvalue weighted by molar-refractivity contribution is 5.93. The van der Waals surface area contributed by atoms with E-state index in [-0.39, 0.29) is 50.7 Å². The molecule has 0 spiro atoms. The maximum absolute atomic E-state index is 13.3. The quantitative estimate of drug-likeness (QED) is 0.0372. The molecule has 0 saturated carbocycles. The second-order valence-electron chi connectivity index (χ2n) is 10.1. The summed E-state index contributed by atoms with van der Waals surface area (Å²) in [7, 11) is 0. The molecule has 0 aliphatic rings. The van der Waals surface area contributed by atoms with E-state index in [2.05, 4.69) is 31.3 Å². The average Bonchev–Trinajstić information content (AvgIpc) is 2.94. The first kappa shape index (κ1) is 36.1. The highest BCUT2D eigenvalue weighted by Crippen LogP contribution is 2.08. The number of benzene rings is 1. The zero-order valence-corrected chi connectivity index (χ0v) is 24.5. The Morgan fingerprint density at radius 2 is 1.37 bits per heavy atom. The molecule has 16 nitrogen and oxygen atoms in total. The summed E-state index contributed by atoms with van der Waals surface area (Å²) in [5, 5.41) is 19.7. The fraction of sp³-hybridized carbons (Fsp3) is 0.519. The molecule has 0 aliphatic carbocycles. The first-order chi connectivity index (χ1) is 20.3. The Kier molecular flexibility index (Phi) is 16.2. The van der Waals surface area contributed by atoms with E-state index in [1.165, 1.54) is 0 Å². The zero-order chi connectivity index (χ0) is 32.4. The van der Waals surface area contributed by atoms with Gasteiger partial charge in [-0.25, -0.2) is 9.59 Å². The Hall–Kier alpha value is -4.89. The molecule has 0 bridgehead atoms. The number of nitrogens with one attached hydrogen (secondary N) is 4. The zero-order valence-electron chi connectivity index (χ0n) is 24.5. The van der Waals surface area contributed by atoms with Crippen LogP contribution in [0, 0.1) is 5.92 Å². The van der Waals surface area contributed by atoms with Crippen molar-refractivity contribution >= 4 is 42.0 Å². The van der Waals surface area contributed by atoms with Crippen LogP contribution in [0.3, 0.4) is 0 Å². The van der Waals surface area contributed by atoms with E-state index >= 15 is 0 Å². The number of aliphatic carboxylic acids is 1. The summed E-state index contributed by atoms with van der Waals surface area (Å²) in [6.07, 6.45) is 1.65. The number of aliphatic imine (C=N–C) groups is 2. The average molecular weight is 605 g/mol. The molecule has 1 aromatic rings. The molecule has 0 radical (unpaired) electrons. The third-order valence-corrected chi connectivity index (χ3v) is 6.16. The van der Waals surface area contributed by atoms with Gasteiger partial charge in [0.25, 0.3) is 0 Å². The topological polar surface area (TPSA) is 282 Å². The normalized spacial score (nSPS) is 13.4. The van der Waals surface area contributed by atoms with Crippen molar-refractivity contribution in [2.75, 3.05) is 13.1 Å². The van der Waals surface area contributed by atoms with Gasteiger partial charge < -0.3 is 54.1 Å². The molecule has 16 heteroatoms. The van der Waals surface area contributed by atoms with Crippen LogP contribution in [0.15, 0.2) is 40.3 Å². The third-order valence-electron chi connectivity index (χ3n) is 6.16. The molecular formula is C27H44N10O6. The van der Waals surface area contributed by atoms with Gasteiger partial charge in [-0.1, -0.05) is 44.2 Å². The summed E-state index contributed by atoms with van der Waals surface area (Å²) in [5.41, 5.74) is 22.0. The standard InChI is InChI=1S/C27H44N10O6/c1-16(2)21(23(40)34-18(15-38)10-6-12-32-25(28)29)37-22(39)19(11-7-13-33-26(30)31)35-27(43)36-20(24(41)42)14-17-8-4-3-5-9-17/h3-5,8-9,15-16,18-21H,6-7,10-14H2,1-2H3,(H,34,40)(H,37,39)(H,41,42)(H4,28,29,32)(H4,30,31,33)(H2,35,36,43)/t18-,19+,20-,21-/m0/s1. The number of carbonyl (C=O) groups is 5. The number of guanidine groups is 2. The van der Waals surface area contributed by atoms with Crippen LogP contribution < -0.4 is 44.2 Å². The van der Waals surface area contributed by atoms with E-state index < -0.39 is 53.9 Å². The Balaban J connectivity index is 2.97. The predicted octanol–water partition coefficient (Wildman–Crippen LogP) is -1.72. The van der Waals surface area contributed by atoms with Gasteiger partial charge in [-0.15, -0.1) is 0 Å². The summed E-state index contributed by atoms with van der Waals surface area (Å²) in [4.78, 5) is 70.3. The molecule has 1 aromatic carbocycles. The molecule has 238 valence electrons. The van der Waals surface area contributed by atoms with Crippen molar-refractivity contribution in [3.05, 3.63) is 35.9 Å². The summed E-state index contributed by atoms with van der Waals surface area (Å²) in [5.74, 6) is -3.17. The molecule has 0 unspecified atom stereocenters. The Morgan fingerprint density at radius 3 is 1.88 bits per heavy atom. The van der Waals surface area contributed by atoms with Crippen LogP contribution in [0.25, 0.3) is 0 Å². The molecule has 4 atom stereocenters. The van der Waals surface area contributed by atoms with Crippen LogP contribution >= 0.6 is 0 Å². The van der Waals surface area contributed by atoms with Crippen LogP contribution in [-0.4, -0.2) is 84.4 Å². The third kappa shape index (κ3) is 15.1. The minimum absolute atomic E-state index is 0.0183. The van der Waals surface area contributed by atoms with Crippen molar-refractivity contribution in [3.63, 3.8) is 0 Å². The number of nitrogens with zero attached hydrogens (tertiary/aromatic N) is 2. The lowest BCUT2D eigenvalue weighted by Crippen LogP contribution is -2.58. The number of hydrogen-bond donors (Lipinski definition) is 9. The highest BCUT2D eigenvalue weighted by Gasteiger charge is 2.30. The molecule has 4 amide bonds. The largest absolute Gasteiger partial charge is 0.480 e. The van der Waals surface area contributed by atoms with Gasteiger partial charge in [-0.05, 0) is 37.2 Å². The number of carboxylic acids is 1. The fourth-order valence-electron chi connectivity index (χ4n) is 3.94. The number of urea groups is 1. The number of aldehydes is 1. The van der Waals surface area contributed by atoms with E-state index in [1.54, 1.807) is 44.2 Å². The Labute approximate surface area is 250 Å². The maximum Gasteiger partial charge on any atom is 0.326 e. The minimum Gasteiger partial charge on any atom is -0.480 e. The van der Waals surface area contributed by atoms with Gasteiger partial charge in [0.2, 0.25) is 11.8 Å². The molecule has 0 aliphatic heterocycles. The van der Waals surface area contributed by atoms with E-state index in [4.69, 9.17) is 22.9 Å². The van der Waals surface area contributed by atoms with Gasteiger partial charge >= 0.3 is 12.0 Å². The lowest BCUT2D eigenvalue weighted by Gasteiger charge is -2.27. The van der Waals surface area contributed by atoms with Gasteiger partial charge in [0.1, 0.15) is 24.4 Å². The summed E-state index contributed by atoms with van der Waals surface area (Å²) >= 11 is 0. The van der Waals surface area contributed by atoms with Crippen LogP contribution in [0.2, 0.25) is 0 Å². The molecule has 0 fully saturated rings. The van der Waals surface area contributed by atoms with Gasteiger partial charge in [-0.3, -0.25) is 19.6 Å². The van der Waals surface area contributed by atoms with Crippen LogP contribution in [0.5, 0.6) is 0 Å². The van der Waals surface area contributed by atoms with Crippen molar-refractivity contribution in [2.24, 2.45) is 38.8 Å². The van der Waals surface area contributed by atoms with Gasteiger partial charge in [0.05, 0.1) is 6.04 Å². The van der Waals surface area contributed by atoms with Crippen molar-refractivity contribution in [2.45, 2.75) is 70.1 Å². The van der Waals surface area contributed by atoms with Gasteiger partial charge in [0, 0.05) is 19.5 Å².